The highest BCUT2D eigenvalue weighted by atomic mass is 32.1. The van der Waals surface area contributed by atoms with Crippen molar-refractivity contribution >= 4 is 34.3 Å². The number of amides is 2. The highest BCUT2D eigenvalue weighted by Crippen LogP contribution is 2.16. The van der Waals surface area contributed by atoms with Crippen molar-refractivity contribution in [3.8, 4) is 0 Å². The predicted octanol–water partition coefficient (Wildman–Crippen LogP) is 2.50. The third-order valence-corrected chi connectivity index (χ3v) is 3.78. The Balaban J connectivity index is 2.63. The Bertz CT molecular complexity index is 557. The van der Waals surface area contributed by atoms with Gasteiger partial charge in [0.25, 0.3) is 5.91 Å². The Morgan fingerprint density at radius 3 is 2.61 bits per heavy atom. The van der Waals surface area contributed by atoms with Crippen LogP contribution in [0.1, 0.15) is 56.9 Å². The van der Waals surface area contributed by atoms with Gasteiger partial charge in [0.2, 0.25) is 5.91 Å². The van der Waals surface area contributed by atoms with E-state index < -0.39 is 17.9 Å². The summed E-state index contributed by atoms with van der Waals surface area (Å²) < 4.78 is 0. The van der Waals surface area contributed by atoms with Crippen LogP contribution in [0.5, 0.6) is 0 Å². The number of carbonyl (C=O) groups excluding carboxylic acids is 2. The summed E-state index contributed by atoms with van der Waals surface area (Å²) in [5, 5.41) is 16.0. The van der Waals surface area contributed by atoms with Crippen LogP contribution in [0.4, 0.5) is 5.13 Å². The second kappa shape index (κ2) is 9.24. The quantitative estimate of drug-likeness (QED) is 0.639. The van der Waals surface area contributed by atoms with E-state index in [1.54, 1.807) is 0 Å². The molecule has 128 valence electrons. The minimum absolute atomic E-state index is 0.109. The molecule has 3 N–H and O–H groups in total. The fourth-order valence-corrected chi connectivity index (χ4v) is 2.58. The first-order valence-electron chi connectivity index (χ1n) is 7.62. The molecule has 0 aliphatic carbocycles. The summed E-state index contributed by atoms with van der Waals surface area (Å²) in [6.07, 6.45) is 2.31. The Morgan fingerprint density at radius 2 is 2.04 bits per heavy atom. The Labute approximate surface area is 139 Å². The van der Waals surface area contributed by atoms with Crippen molar-refractivity contribution in [1.29, 1.82) is 0 Å². The van der Waals surface area contributed by atoms with Gasteiger partial charge in [-0.3, -0.25) is 9.59 Å². The molecular weight excluding hydrogens is 318 g/mol. The summed E-state index contributed by atoms with van der Waals surface area (Å²) in [4.78, 5) is 38.9. The third kappa shape index (κ3) is 6.77. The largest absolute Gasteiger partial charge is 0.480 e. The molecule has 0 aliphatic heterocycles. The van der Waals surface area contributed by atoms with Gasteiger partial charge in [0.1, 0.15) is 11.7 Å². The molecule has 1 rings (SSSR count). The lowest BCUT2D eigenvalue weighted by Gasteiger charge is -2.12. The van der Waals surface area contributed by atoms with Crippen molar-refractivity contribution < 1.29 is 19.5 Å². The second-order valence-electron chi connectivity index (χ2n) is 5.69. The number of aliphatic carboxylic acids is 1. The van der Waals surface area contributed by atoms with Crippen LogP contribution >= 0.6 is 11.3 Å². The lowest BCUT2D eigenvalue weighted by molar-refractivity contribution is -0.139. The lowest BCUT2D eigenvalue weighted by Crippen LogP contribution is -2.40. The standard InChI is InChI=1S/C15H23N3O4S/c1-4-5-6-10(14(21)22)16-13(20)11-8-23-15(17-11)18-12(19)7-9(2)3/h8-10H,4-7H2,1-3H3,(H,16,20)(H,21,22)(H,17,18,19). The van der Waals surface area contributed by atoms with Gasteiger partial charge in [-0.05, 0) is 12.3 Å². The van der Waals surface area contributed by atoms with Gasteiger partial charge in [-0.1, -0.05) is 33.6 Å². The highest BCUT2D eigenvalue weighted by Gasteiger charge is 2.21. The van der Waals surface area contributed by atoms with Crippen LogP contribution in [0.3, 0.4) is 0 Å². The molecule has 8 heteroatoms. The van der Waals surface area contributed by atoms with Gasteiger partial charge in [-0.25, -0.2) is 9.78 Å². The molecule has 1 aromatic heterocycles. The highest BCUT2D eigenvalue weighted by molar-refractivity contribution is 7.14. The number of anilines is 1. The number of aromatic nitrogens is 1. The van der Waals surface area contributed by atoms with Gasteiger partial charge in [0.15, 0.2) is 5.13 Å². The van der Waals surface area contributed by atoms with E-state index in [9.17, 15) is 14.4 Å². The summed E-state index contributed by atoms with van der Waals surface area (Å²) in [5.74, 6) is -1.54. The van der Waals surface area contributed by atoms with Crippen molar-refractivity contribution in [2.45, 2.75) is 52.5 Å². The maximum absolute atomic E-state index is 12.1. The number of thiazole rings is 1. The fraction of sp³-hybridized carbons (Fsp3) is 0.600. The molecule has 0 bridgehead atoms. The number of hydrogen-bond acceptors (Lipinski definition) is 5. The number of carboxylic acids is 1. The zero-order valence-electron chi connectivity index (χ0n) is 13.6. The number of unbranched alkanes of at least 4 members (excludes halogenated alkanes) is 1. The van der Waals surface area contributed by atoms with Gasteiger partial charge in [0.05, 0.1) is 0 Å². The summed E-state index contributed by atoms with van der Waals surface area (Å²) in [7, 11) is 0. The third-order valence-electron chi connectivity index (χ3n) is 3.03. The van der Waals surface area contributed by atoms with E-state index in [0.29, 0.717) is 24.4 Å². The molecule has 23 heavy (non-hydrogen) atoms. The van der Waals surface area contributed by atoms with E-state index in [1.165, 1.54) is 5.38 Å². The lowest BCUT2D eigenvalue weighted by atomic mass is 10.1. The van der Waals surface area contributed by atoms with Crippen molar-refractivity contribution in [3.05, 3.63) is 11.1 Å². The molecule has 1 aromatic rings. The first-order valence-corrected chi connectivity index (χ1v) is 8.50. The first-order chi connectivity index (χ1) is 10.8. The minimum atomic E-state index is -1.06. The normalized spacial score (nSPS) is 12.0. The van der Waals surface area contributed by atoms with Gasteiger partial charge in [0, 0.05) is 11.8 Å². The van der Waals surface area contributed by atoms with Crippen molar-refractivity contribution in [2.24, 2.45) is 5.92 Å². The number of rotatable bonds is 9. The number of nitrogens with zero attached hydrogens (tertiary/aromatic N) is 1. The molecule has 0 aliphatic rings. The van der Waals surface area contributed by atoms with Gasteiger partial charge >= 0.3 is 5.97 Å². The molecule has 7 nitrogen and oxygen atoms in total. The molecule has 1 unspecified atom stereocenters. The van der Waals surface area contributed by atoms with Crippen molar-refractivity contribution in [2.75, 3.05) is 5.32 Å². The topological polar surface area (TPSA) is 108 Å². The van der Waals surface area contributed by atoms with Crippen LogP contribution in [0.15, 0.2) is 5.38 Å². The van der Waals surface area contributed by atoms with E-state index in [1.807, 2.05) is 20.8 Å². The van der Waals surface area contributed by atoms with E-state index in [0.717, 1.165) is 17.8 Å². The monoisotopic (exact) mass is 341 g/mol. The van der Waals surface area contributed by atoms with Crippen LogP contribution < -0.4 is 10.6 Å². The van der Waals surface area contributed by atoms with E-state index in [-0.39, 0.29) is 17.5 Å². The maximum atomic E-state index is 12.1. The summed E-state index contributed by atoms with van der Waals surface area (Å²) in [6.45, 7) is 5.82. The summed E-state index contributed by atoms with van der Waals surface area (Å²) in [5.41, 5.74) is 0.109. The molecule has 0 saturated carbocycles. The average molecular weight is 341 g/mol. The summed E-state index contributed by atoms with van der Waals surface area (Å²) >= 11 is 1.14. The van der Waals surface area contributed by atoms with Gasteiger partial charge in [-0.15, -0.1) is 11.3 Å². The zero-order chi connectivity index (χ0) is 17.4. The Kier molecular flexibility index (Phi) is 7.67. The molecule has 0 aromatic carbocycles. The summed E-state index contributed by atoms with van der Waals surface area (Å²) in [6, 6.07) is -0.928. The minimum Gasteiger partial charge on any atom is -0.480 e. The molecule has 1 atom stereocenters. The number of nitrogens with one attached hydrogen (secondary N) is 2. The number of carboxylic acid groups (broad SMARTS) is 1. The van der Waals surface area contributed by atoms with E-state index in [4.69, 9.17) is 5.11 Å². The van der Waals surface area contributed by atoms with E-state index in [2.05, 4.69) is 15.6 Å². The van der Waals surface area contributed by atoms with Gasteiger partial charge < -0.3 is 15.7 Å². The van der Waals surface area contributed by atoms with E-state index >= 15 is 0 Å². The average Bonchev–Trinajstić information content (AvgIpc) is 2.90. The second-order valence-corrected chi connectivity index (χ2v) is 6.55. The van der Waals surface area contributed by atoms with Crippen LogP contribution in [-0.4, -0.2) is 33.9 Å². The van der Waals surface area contributed by atoms with Crippen LogP contribution in [-0.2, 0) is 9.59 Å². The Hall–Kier alpha value is -1.96. The molecule has 1 heterocycles. The van der Waals surface area contributed by atoms with Crippen molar-refractivity contribution in [3.63, 3.8) is 0 Å². The SMILES string of the molecule is CCCCC(NC(=O)c1csc(NC(=O)CC(C)C)n1)C(=O)O. The number of carbonyl (C=O) groups is 3. The van der Waals surface area contributed by atoms with Crippen LogP contribution in [0, 0.1) is 5.92 Å². The molecule has 0 spiro atoms. The maximum Gasteiger partial charge on any atom is 0.326 e. The zero-order valence-corrected chi connectivity index (χ0v) is 14.4. The van der Waals surface area contributed by atoms with Crippen molar-refractivity contribution in [1.82, 2.24) is 10.3 Å². The van der Waals surface area contributed by atoms with Crippen LogP contribution in [0.25, 0.3) is 0 Å². The smallest absolute Gasteiger partial charge is 0.326 e. The molecule has 0 fully saturated rings. The molecule has 0 radical (unpaired) electrons. The first kappa shape index (κ1) is 19.1. The predicted molar refractivity (Wildman–Crippen MR) is 88.6 cm³/mol. The number of hydrogen-bond donors (Lipinski definition) is 3. The molecular formula is C15H23N3O4S. The Morgan fingerprint density at radius 1 is 1.35 bits per heavy atom. The molecule has 2 amide bonds. The van der Waals surface area contributed by atoms with Gasteiger partial charge in [-0.2, -0.15) is 0 Å². The molecule has 0 saturated heterocycles. The van der Waals surface area contributed by atoms with Crippen LogP contribution in [0.2, 0.25) is 0 Å². The fourth-order valence-electron chi connectivity index (χ4n) is 1.87.